The minimum absolute atomic E-state index is 0.172. The highest BCUT2D eigenvalue weighted by atomic mass is 79.9. The summed E-state index contributed by atoms with van der Waals surface area (Å²) >= 11 is 3.28. The SMILES string of the molecule is CC(C)(C)OC(=O)N1[C@@H]2CC[C@H]1[C@H](Nc1cnc(Br)cn1)C2. The van der Waals surface area contributed by atoms with Crippen LogP contribution in [-0.4, -0.2) is 44.7 Å². The predicted molar refractivity (Wildman–Crippen MR) is 86.6 cm³/mol. The van der Waals surface area contributed by atoms with Crippen molar-refractivity contribution in [1.29, 1.82) is 0 Å². The molecule has 2 aliphatic rings. The van der Waals surface area contributed by atoms with Crippen molar-refractivity contribution in [3.63, 3.8) is 0 Å². The number of carbonyl (C=O) groups is 1. The summed E-state index contributed by atoms with van der Waals surface area (Å²) < 4.78 is 6.25. The maximum atomic E-state index is 12.4. The Morgan fingerprint density at radius 1 is 1.36 bits per heavy atom. The van der Waals surface area contributed by atoms with E-state index in [0.29, 0.717) is 4.60 Å². The Morgan fingerprint density at radius 3 is 2.77 bits per heavy atom. The Balaban J connectivity index is 1.67. The van der Waals surface area contributed by atoms with Gasteiger partial charge in [-0.25, -0.2) is 14.8 Å². The van der Waals surface area contributed by atoms with Crippen LogP contribution in [0.5, 0.6) is 0 Å². The Hall–Kier alpha value is -1.37. The molecular formula is C15H21BrN4O2. The summed E-state index contributed by atoms with van der Waals surface area (Å²) in [7, 11) is 0. The van der Waals surface area contributed by atoms with E-state index in [1.807, 2.05) is 25.7 Å². The molecule has 0 saturated carbocycles. The number of nitrogens with zero attached hydrogens (tertiary/aromatic N) is 3. The Bertz CT molecular complexity index is 558. The molecule has 22 heavy (non-hydrogen) atoms. The van der Waals surface area contributed by atoms with Crippen LogP contribution in [0, 0.1) is 0 Å². The maximum absolute atomic E-state index is 12.4. The third-order valence-electron chi connectivity index (χ3n) is 4.09. The van der Waals surface area contributed by atoms with Crippen LogP contribution in [0.1, 0.15) is 40.0 Å². The molecule has 3 atom stereocenters. The molecule has 0 spiro atoms. The van der Waals surface area contributed by atoms with Gasteiger partial charge in [-0.3, -0.25) is 0 Å². The van der Waals surface area contributed by atoms with Gasteiger partial charge in [-0.2, -0.15) is 0 Å². The quantitative estimate of drug-likeness (QED) is 0.867. The summed E-state index contributed by atoms with van der Waals surface area (Å²) in [5.74, 6) is 0.741. The molecular weight excluding hydrogens is 348 g/mol. The van der Waals surface area contributed by atoms with Crippen LogP contribution in [0.2, 0.25) is 0 Å². The number of anilines is 1. The molecule has 0 radical (unpaired) electrons. The van der Waals surface area contributed by atoms with Gasteiger partial charge in [-0.05, 0) is 56.0 Å². The smallest absolute Gasteiger partial charge is 0.410 e. The van der Waals surface area contributed by atoms with E-state index in [1.54, 1.807) is 12.4 Å². The van der Waals surface area contributed by atoms with Crippen LogP contribution in [0.15, 0.2) is 17.0 Å². The highest BCUT2D eigenvalue weighted by molar-refractivity contribution is 9.10. The lowest BCUT2D eigenvalue weighted by Crippen LogP contribution is -2.42. The van der Waals surface area contributed by atoms with E-state index in [4.69, 9.17) is 4.74 Å². The summed E-state index contributed by atoms with van der Waals surface area (Å²) in [6.07, 6.45) is 6.15. The van der Waals surface area contributed by atoms with Crippen LogP contribution >= 0.6 is 15.9 Å². The normalized spacial score (nSPS) is 27.1. The van der Waals surface area contributed by atoms with Gasteiger partial charge >= 0.3 is 6.09 Å². The van der Waals surface area contributed by atoms with Gasteiger partial charge in [0.25, 0.3) is 0 Å². The number of hydrogen-bond donors (Lipinski definition) is 1. The number of hydrogen-bond acceptors (Lipinski definition) is 5. The molecule has 2 fully saturated rings. The molecule has 2 aliphatic heterocycles. The highest BCUT2D eigenvalue weighted by Gasteiger charge is 2.50. The lowest BCUT2D eigenvalue weighted by Gasteiger charge is -2.28. The van der Waals surface area contributed by atoms with Gasteiger partial charge in [0.15, 0.2) is 0 Å². The van der Waals surface area contributed by atoms with Crippen molar-refractivity contribution in [3.05, 3.63) is 17.0 Å². The molecule has 2 saturated heterocycles. The molecule has 1 aromatic heterocycles. The monoisotopic (exact) mass is 368 g/mol. The predicted octanol–water partition coefficient (Wildman–Crippen LogP) is 3.19. The average Bonchev–Trinajstić information content (AvgIpc) is 2.97. The molecule has 1 amide bonds. The molecule has 2 bridgehead atoms. The fraction of sp³-hybridized carbons (Fsp3) is 0.667. The molecule has 7 heteroatoms. The lowest BCUT2D eigenvalue weighted by molar-refractivity contribution is 0.0214. The van der Waals surface area contributed by atoms with Gasteiger partial charge in [0, 0.05) is 6.04 Å². The standard InChI is InChI=1S/C15H21BrN4O2/c1-15(2,3)22-14(21)20-9-4-5-11(20)10(6-9)19-13-8-17-12(16)7-18-13/h7-11H,4-6H2,1-3H3,(H,18,19)/t9-,10-,11+/m1/s1. The summed E-state index contributed by atoms with van der Waals surface area (Å²) in [6, 6.07) is 0.646. The van der Waals surface area contributed by atoms with E-state index in [1.165, 1.54) is 0 Å². The maximum Gasteiger partial charge on any atom is 0.410 e. The molecule has 6 nitrogen and oxygen atoms in total. The van der Waals surface area contributed by atoms with E-state index >= 15 is 0 Å². The summed E-state index contributed by atoms with van der Waals surface area (Å²) in [4.78, 5) is 22.8. The molecule has 120 valence electrons. The first kappa shape index (κ1) is 15.5. The van der Waals surface area contributed by atoms with Crippen molar-refractivity contribution in [1.82, 2.24) is 14.9 Å². The molecule has 3 rings (SSSR count). The zero-order valence-corrected chi connectivity index (χ0v) is 14.6. The van der Waals surface area contributed by atoms with Crippen molar-refractivity contribution in [2.45, 2.75) is 63.8 Å². The summed E-state index contributed by atoms with van der Waals surface area (Å²) in [5, 5.41) is 3.40. The van der Waals surface area contributed by atoms with Crippen LogP contribution in [0.25, 0.3) is 0 Å². The second-order valence-electron chi connectivity index (χ2n) is 6.90. The van der Waals surface area contributed by atoms with E-state index in [2.05, 4.69) is 31.2 Å². The number of halogens is 1. The van der Waals surface area contributed by atoms with Gasteiger partial charge in [0.2, 0.25) is 0 Å². The fourth-order valence-corrected chi connectivity index (χ4v) is 3.52. The van der Waals surface area contributed by atoms with Crippen molar-refractivity contribution in [2.24, 2.45) is 0 Å². The second kappa shape index (κ2) is 5.68. The van der Waals surface area contributed by atoms with Gasteiger partial charge in [-0.1, -0.05) is 0 Å². The largest absolute Gasteiger partial charge is 0.444 e. The Kier molecular flexibility index (Phi) is 4.01. The average molecular weight is 369 g/mol. The minimum Gasteiger partial charge on any atom is -0.444 e. The van der Waals surface area contributed by atoms with Gasteiger partial charge in [0.1, 0.15) is 16.0 Å². The van der Waals surface area contributed by atoms with Crippen LogP contribution in [-0.2, 0) is 4.74 Å². The minimum atomic E-state index is -0.459. The number of amides is 1. The number of nitrogens with one attached hydrogen (secondary N) is 1. The number of aromatic nitrogens is 2. The van der Waals surface area contributed by atoms with Crippen molar-refractivity contribution < 1.29 is 9.53 Å². The lowest BCUT2D eigenvalue weighted by atomic mass is 9.95. The zero-order valence-electron chi connectivity index (χ0n) is 13.0. The Morgan fingerprint density at radius 2 is 2.14 bits per heavy atom. The first-order chi connectivity index (χ1) is 10.3. The van der Waals surface area contributed by atoms with Crippen LogP contribution < -0.4 is 5.32 Å². The van der Waals surface area contributed by atoms with Gasteiger partial charge < -0.3 is 15.0 Å². The van der Waals surface area contributed by atoms with Gasteiger partial charge in [-0.15, -0.1) is 0 Å². The second-order valence-corrected chi connectivity index (χ2v) is 7.71. The molecule has 1 N–H and O–H groups in total. The molecule has 0 aliphatic carbocycles. The van der Waals surface area contributed by atoms with E-state index in [9.17, 15) is 4.79 Å². The molecule has 3 heterocycles. The summed E-state index contributed by atoms with van der Waals surface area (Å²) in [6.45, 7) is 5.70. The van der Waals surface area contributed by atoms with Crippen molar-refractivity contribution >= 4 is 27.8 Å². The third-order valence-corrected chi connectivity index (χ3v) is 4.50. The number of rotatable bonds is 2. The molecule has 0 unspecified atom stereocenters. The number of fused-ring (bicyclic) bond motifs is 2. The number of carbonyl (C=O) groups excluding carboxylic acids is 1. The van der Waals surface area contributed by atoms with E-state index in [-0.39, 0.29) is 24.2 Å². The zero-order chi connectivity index (χ0) is 15.9. The van der Waals surface area contributed by atoms with Crippen LogP contribution in [0.3, 0.4) is 0 Å². The van der Waals surface area contributed by atoms with Crippen LogP contribution in [0.4, 0.5) is 10.6 Å². The number of ether oxygens (including phenoxy) is 1. The Labute approximate surface area is 138 Å². The molecule has 0 aromatic carbocycles. The van der Waals surface area contributed by atoms with E-state index in [0.717, 1.165) is 25.1 Å². The first-order valence-electron chi connectivity index (χ1n) is 7.59. The fourth-order valence-electron chi connectivity index (χ4n) is 3.32. The van der Waals surface area contributed by atoms with E-state index < -0.39 is 5.60 Å². The first-order valence-corrected chi connectivity index (χ1v) is 8.38. The van der Waals surface area contributed by atoms with Crippen molar-refractivity contribution in [3.8, 4) is 0 Å². The highest BCUT2D eigenvalue weighted by Crippen LogP contribution is 2.39. The molecule has 1 aromatic rings. The summed E-state index contributed by atoms with van der Waals surface area (Å²) in [5.41, 5.74) is -0.459. The van der Waals surface area contributed by atoms with Gasteiger partial charge in [0.05, 0.1) is 24.5 Å². The topological polar surface area (TPSA) is 67.3 Å². The van der Waals surface area contributed by atoms with Crippen molar-refractivity contribution in [2.75, 3.05) is 5.32 Å². The third kappa shape index (κ3) is 3.19.